The van der Waals surface area contributed by atoms with Gasteiger partial charge in [-0.2, -0.15) is 0 Å². The molecule has 0 aromatic heterocycles. The number of carbonyl (C=O) groups is 2. The lowest BCUT2D eigenvalue weighted by Gasteiger charge is -2.26. The molecule has 1 amide bonds. The topological polar surface area (TPSA) is 104 Å². The molecule has 1 saturated heterocycles. The Labute approximate surface area is 180 Å². The molecule has 1 aliphatic rings. The molecule has 31 heavy (non-hydrogen) atoms. The van der Waals surface area contributed by atoms with Gasteiger partial charge in [0.05, 0.1) is 16.5 Å². The van der Waals surface area contributed by atoms with Gasteiger partial charge in [0.15, 0.2) is 0 Å². The monoisotopic (exact) mass is 423 g/mol. The van der Waals surface area contributed by atoms with Crippen LogP contribution in [-0.2, 0) is 9.59 Å². The van der Waals surface area contributed by atoms with Crippen LogP contribution in [0.5, 0.6) is 0 Å². The maximum atomic E-state index is 12.9. The fourth-order valence-electron chi connectivity index (χ4n) is 3.66. The van der Waals surface area contributed by atoms with E-state index in [0.717, 1.165) is 5.56 Å². The van der Waals surface area contributed by atoms with Gasteiger partial charge >= 0.3 is 0 Å². The maximum absolute atomic E-state index is 12.9. The smallest absolute Gasteiger partial charge is 0.295 e. The number of non-ortho nitro benzene ring substituents is 1. The lowest BCUT2D eigenvalue weighted by atomic mass is 9.95. The molecule has 2 aromatic rings. The van der Waals surface area contributed by atoms with Crippen LogP contribution < -0.4 is 0 Å². The first-order chi connectivity index (χ1) is 14.7. The Kier molecular flexibility index (Phi) is 6.50. The normalized spacial score (nSPS) is 18.1. The number of aliphatic hydroxyl groups is 1. The van der Waals surface area contributed by atoms with Crippen LogP contribution >= 0.6 is 0 Å². The largest absolute Gasteiger partial charge is 0.507 e. The molecule has 1 N–H and O–H groups in total. The molecular weight excluding hydrogens is 398 g/mol. The molecule has 8 heteroatoms. The zero-order valence-electron chi connectivity index (χ0n) is 17.7. The lowest BCUT2D eigenvalue weighted by Crippen LogP contribution is -2.32. The summed E-state index contributed by atoms with van der Waals surface area (Å²) in [5, 5.41) is 22.0. The van der Waals surface area contributed by atoms with Crippen molar-refractivity contribution in [2.45, 2.75) is 19.4 Å². The highest BCUT2D eigenvalue weighted by Crippen LogP contribution is 2.39. The van der Waals surface area contributed by atoms with Gasteiger partial charge in [0.1, 0.15) is 5.76 Å². The van der Waals surface area contributed by atoms with E-state index in [9.17, 15) is 24.8 Å². The molecule has 0 spiro atoms. The van der Waals surface area contributed by atoms with Gasteiger partial charge in [-0.1, -0.05) is 29.8 Å². The molecule has 2 aromatic carbocycles. The number of likely N-dealkylation sites (tertiary alicyclic amines) is 1. The average molecular weight is 423 g/mol. The summed E-state index contributed by atoms with van der Waals surface area (Å²) in [5.41, 5.74) is 1.86. The first-order valence-electron chi connectivity index (χ1n) is 9.95. The van der Waals surface area contributed by atoms with Crippen LogP contribution in [0, 0.1) is 17.0 Å². The van der Waals surface area contributed by atoms with Crippen LogP contribution in [0.15, 0.2) is 54.1 Å². The summed E-state index contributed by atoms with van der Waals surface area (Å²) in [6, 6.07) is 11.9. The molecule has 0 radical (unpaired) electrons. The van der Waals surface area contributed by atoms with E-state index in [1.54, 1.807) is 12.1 Å². The van der Waals surface area contributed by atoms with Crippen LogP contribution in [-0.4, -0.2) is 58.7 Å². The quantitative estimate of drug-likeness (QED) is 0.241. The summed E-state index contributed by atoms with van der Waals surface area (Å²) in [7, 11) is 3.83. The Morgan fingerprint density at radius 1 is 1.10 bits per heavy atom. The second kappa shape index (κ2) is 9.09. The van der Waals surface area contributed by atoms with Gasteiger partial charge in [0.2, 0.25) is 0 Å². The molecule has 1 atom stereocenters. The molecule has 0 aliphatic carbocycles. The number of benzene rings is 2. The third kappa shape index (κ3) is 4.64. The Bertz CT molecular complexity index is 1030. The highest BCUT2D eigenvalue weighted by atomic mass is 16.6. The number of carbonyl (C=O) groups excluding carboxylic acids is 2. The predicted octanol–water partition coefficient (Wildman–Crippen LogP) is 3.28. The van der Waals surface area contributed by atoms with E-state index in [1.807, 2.05) is 38.1 Å². The molecule has 0 unspecified atom stereocenters. The summed E-state index contributed by atoms with van der Waals surface area (Å²) in [4.78, 5) is 39.7. The van der Waals surface area contributed by atoms with E-state index in [4.69, 9.17) is 0 Å². The van der Waals surface area contributed by atoms with Gasteiger partial charge < -0.3 is 14.9 Å². The first-order valence-corrected chi connectivity index (χ1v) is 9.95. The summed E-state index contributed by atoms with van der Waals surface area (Å²) < 4.78 is 0. The van der Waals surface area contributed by atoms with Crippen LogP contribution in [0.3, 0.4) is 0 Å². The summed E-state index contributed by atoms with van der Waals surface area (Å²) in [6.45, 7) is 2.94. The Balaban J connectivity index is 2.09. The van der Waals surface area contributed by atoms with Crippen molar-refractivity contribution in [2.75, 3.05) is 27.2 Å². The fraction of sp³-hybridized carbons (Fsp3) is 0.304. The number of amides is 1. The number of aryl methyl sites for hydroxylation is 1. The van der Waals surface area contributed by atoms with E-state index >= 15 is 0 Å². The maximum Gasteiger partial charge on any atom is 0.295 e. The highest BCUT2D eigenvalue weighted by molar-refractivity contribution is 6.46. The second-order valence-corrected chi connectivity index (χ2v) is 7.86. The van der Waals surface area contributed by atoms with E-state index in [0.29, 0.717) is 30.6 Å². The number of hydrogen-bond acceptors (Lipinski definition) is 6. The lowest BCUT2D eigenvalue weighted by molar-refractivity contribution is -0.384. The van der Waals surface area contributed by atoms with Gasteiger partial charge in [-0.25, -0.2) is 0 Å². The molecule has 1 heterocycles. The summed E-state index contributed by atoms with van der Waals surface area (Å²) >= 11 is 0. The first kappa shape index (κ1) is 22.2. The number of nitro groups is 1. The molecule has 3 rings (SSSR count). The van der Waals surface area contributed by atoms with Crippen LogP contribution in [0.2, 0.25) is 0 Å². The average Bonchev–Trinajstić information content (AvgIpc) is 2.98. The Morgan fingerprint density at radius 3 is 2.26 bits per heavy atom. The number of rotatable bonds is 7. The van der Waals surface area contributed by atoms with Crippen molar-refractivity contribution in [1.82, 2.24) is 9.80 Å². The van der Waals surface area contributed by atoms with Crippen LogP contribution in [0.4, 0.5) is 5.69 Å². The molecule has 1 aliphatic heterocycles. The molecule has 1 fully saturated rings. The zero-order valence-corrected chi connectivity index (χ0v) is 17.7. The molecule has 8 nitrogen and oxygen atoms in total. The van der Waals surface area contributed by atoms with Crippen molar-refractivity contribution in [3.8, 4) is 0 Å². The SMILES string of the molecule is Cc1ccc(/C(O)=C2\C(=O)C(=O)N(CCCN(C)C)[C@H]2c2ccc([N+](=O)[O-])cc2)cc1. The van der Waals surface area contributed by atoms with Crippen molar-refractivity contribution in [1.29, 1.82) is 0 Å². The number of aliphatic hydroxyl groups excluding tert-OH is 1. The molecular formula is C23H25N3O5. The number of ketones is 1. The van der Waals surface area contributed by atoms with E-state index in [2.05, 4.69) is 0 Å². The summed E-state index contributed by atoms with van der Waals surface area (Å²) in [5.74, 6) is -1.70. The Morgan fingerprint density at radius 2 is 1.71 bits per heavy atom. The Hall–Kier alpha value is -3.52. The van der Waals surface area contributed by atoms with Crippen molar-refractivity contribution in [3.05, 3.63) is 80.9 Å². The van der Waals surface area contributed by atoms with Crippen molar-refractivity contribution in [3.63, 3.8) is 0 Å². The van der Waals surface area contributed by atoms with Gasteiger partial charge in [-0.05, 0) is 51.7 Å². The van der Waals surface area contributed by atoms with Crippen molar-refractivity contribution in [2.24, 2.45) is 0 Å². The predicted molar refractivity (Wildman–Crippen MR) is 116 cm³/mol. The number of nitrogens with zero attached hydrogens (tertiary/aromatic N) is 3. The minimum atomic E-state index is -0.815. The third-order valence-corrected chi connectivity index (χ3v) is 5.29. The fourth-order valence-corrected chi connectivity index (χ4v) is 3.66. The molecule has 162 valence electrons. The number of hydrogen-bond donors (Lipinski definition) is 1. The second-order valence-electron chi connectivity index (χ2n) is 7.86. The van der Waals surface area contributed by atoms with Gasteiger partial charge in [0.25, 0.3) is 17.4 Å². The summed E-state index contributed by atoms with van der Waals surface area (Å²) in [6.07, 6.45) is 0.633. The van der Waals surface area contributed by atoms with E-state index in [-0.39, 0.29) is 17.0 Å². The van der Waals surface area contributed by atoms with Gasteiger partial charge in [-0.15, -0.1) is 0 Å². The molecule has 0 bridgehead atoms. The van der Waals surface area contributed by atoms with Crippen LogP contribution in [0.1, 0.15) is 29.2 Å². The molecule has 0 saturated carbocycles. The number of nitro benzene ring substituents is 1. The van der Waals surface area contributed by atoms with Gasteiger partial charge in [0, 0.05) is 24.2 Å². The van der Waals surface area contributed by atoms with Gasteiger partial charge in [-0.3, -0.25) is 19.7 Å². The highest BCUT2D eigenvalue weighted by Gasteiger charge is 2.45. The zero-order chi connectivity index (χ0) is 22.7. The standard InChI is InChI=1S/C23H25N3O5/c1-15-5-7-17(8-6-15)21(27)19-20(16-9-11-18(12-10-16)26(30)31)25(23(29)22(19)28)14-4-13-24(2)3/h5-12,20,27H,4,13-14H2,1-3H3/b21-19+/t20-/m0/s1. The van der Waals surface area contributed by atoms with Crippen LogP contribution in [0.25, 0.3) is 5.76 Å². The van der Waals surface area contributed by atoms with Crippen molar-refractivity contribution >= 4 is 23.1 Å². The van der Waals surface area contributed by atoms with E-state index < -0.39 is 22.7 Å². The van der Waals surface area contributed by atoms with E-state index in [1.165, 1.54) is 29.2 Å². The van der Waals surface area contributed by atoms with Crippen molar-refractivity contribution < 1.29 is 19.6 Å². The minimum Gasteiger partial charge on any atom is -0.507 e. The third-order valence-electron chi connectivity index (χ3n) is 5.29. The number of Topliss-reactive ketones (excluding diaryl/α,β-unsaturated/α-hetero) is 1. The minimum absolute atomic E-state index is 0.00689.